The molecule has 2 N–H and O–H groups in total. The molecule has 18 heavy (non-hydrogen) atoms. The van der Waals surface area contributed by atoms with Crippen LogP contribution in [0.4, 0.5) is 0 Å². The number of halogens is 1. The molecule has 0 aromatic carbocycles. The normalized spacial score (nSPS) is 13.2. The van der Waals surface area contributed by atoms with Gasteiger partial charge in [0.15, 0.2) is 0 Å². The van der Waals surface area contributed by atoms with Gasteiger partial charge in [-0.3, -0.25) is 4.90 Å². The third-order valence-electron chi connectivity index (χ3n) is 3.00. The van der Waals surface area contributed by atoms with E-state index < -0.39 is 0 Å². The summed E-state index contributed by atoms with van der Waals surface area (Å²) in [5.41, 5.74) is 8.35. The maximum atomic E-state index is 5.90. The Morgan fingerprint density at radius 2 is 2.39 bits per heavy atom. The SMILES string of the molecule is CN(Cc1csc(Br)c1)C(CN)c1cncn1C. The van der Waals surface area contributed by atoms with E-state index in [9.17, 15) is 0 Å². The lowest BCUT2D eigenvalue weighted by atomic mass is 10.1. The van der Waals surface area contributed by atoms with E-state index in [1.165, 1.54) is 5.56 Å². The summed E-state index contributed by atoms with van der Waals surface area (Å²) in [5.74, 6) is 0. The molecule has 4 nitrogen and oxygen atoms in total. The number of imidazole rings is 1. The predicted octanol–water partition coefficient (Wildman–Crippen LogP) is 2.38. The fourth-order valence-corrected chi connectivity index (χ4v) is 3.24. The summed E-state index contributed by atoms with van der Waals surface area (Å²) in [5, 5.41) is 2.16. The molecule has 0 aliphatic carbocycles. The zero-order valence-corrected chi connectivity index (χ0v) is 12.9. The Kier molecular flexibility index (Phi) is 4.55. The van der Waals surface area contributed by atoms with E-state index in [-0.39, 0.29) is 6.04 Å². The van der Waals surface area contributed by atoms with Crippen molar-refractivity contribution in [2.75, 3.05) is 13.6 Å². The van der Waals surface area contributed by atoms with Crippen molar-refractivity contribution in [3.8, 4) is 0 Å². The minimum atomic E-state index is 0.191. The topological polar surface area (TPSA) is 47.1 Å². The highest BCUT2D eigenvalue weighted by atomic mass is 79.9. The molecule has 0 aliphatic rings. The molecule has 0 spiro atoms. The van der Waals surface area contributed by atoms with Gasteiger partial charge in [-0.05, 0) is 40.0 Å². The van der Waals surface area contributed by atoms with E-state index in [1.807, 2.05) is 24.1 Å². The highest BCUT2D eigenvalue weighted by Crippen LogP contribution is 2.24. The molecule has 0 saturated heterocycles. The van der Waals surface area contributed by atoms with E-state index in [2.05, 4.69) is 44.3 Å². The lowest BCUT2D eigenvalue weighted by Gasteiger charge is -2.26. The van der Waals surface area contributed by atoms with Gasteiger partial charge in [0.25, 0.3) is 0 Å². The van der Waals surface area contributed by atoms with Gasteiger partial charge in [0, 0.05) is 26.3 Å². The summed E-state index contributed by atoms with van der Waals surface area (Å²) < 4.78 is 3.19. The molecule has 0 bridgehead atoms. The summed E-state index contributed by atoms with van der Waals surface area (Å²) in [6.45, 7) is 1.47. The molecule has 0 saturated carbocycles. The quantitative estimate of drug-likeness (QED) is 0.916. The Bertz CT molecular complexity index is 508. The third-order valence-corrected chi connectivity index (χ3v) is 4.56. The van der Waals surface area contributed by atoms with E-state index in [0.717, 1.165) is 16.0 Å². The number of nitrogens with two attached hydrogens (primary N) is 1. The fraction of sp³-hybridized carbons (Fsp3) is 0.417. The van der Waals surface area contributed by atoms with Crippen LogP contribution < -0.4 is 5.73 Å². The van der Waals surface area contributed by atoms with Gasteiger partial charge in [-0.15, -0.1) is 11.3 Å². The van der Waals surface area contributed by atoms with Crippen LogP contribution in [-0.2, 0) is 13.6 Å². The van der Waals surface area contributed by atoms with Crippen LogP contribution in [0.15, 0.2) is 27.8 Å². The van der Waals surface area contributed by atoms with Crippen molar-refractivity contribution in [1.82, 2.24) is 14.5 Å². The number of aromatic nitrogens is 2. The number of nitrogens with zero attached hydrogens (tertiary/aromatic N) is 3. The number of thiophene rings is 1. The maximum absolute atomic E-state index is 5.90. The van der Waals surface area contributed by atoms with Gasteiger partial charge in [-0.1, -0.05) is 0 Å². The summed E-state index contributed by atoms with van der Waals surface area (Å²) in [6, 6.07) is 2.34. The lowest BCUT2D eigenvalue weighted by Crippen LogP contribution is -2.31. The molecule has 6 heteroatoms. The van der Waals surface area contributed by atoms with Gasteiger partial charge in [-0.2, -0.15) is 0 Å². The number of rotatable bonds is 5. The fourth-order valence-electron chi connectivity index (χ4n) is 2.04. The van der Waals surface area contributed by atoms with Gasteiger partial charge in [0.2, 0.25) is 0 Å². The lowest BCUT2D eigenvalue weighted by molar-refractivity contribution is 0.234. The first-order valence-corrected chi connectivity index (χ1v) is 7.38. The van der Waals surface area contributed by atoms with Crippen LogP contribution >= 0.6 is 27.3 Å². The Morgan fingerprint density at radius 3 is 2.89 bits per heavy atom. The Labute approximate surface area is 120 Å². The van der Waals surface area contributed by atoms with E-state index in [4.69, 9.17) is 5.73 Å². The largest absolute Gasteiger partial charge is 0.336 e. The van der Waals surface area contributed by atoms with Crippen LogP contribution in [-0.4, -0.2) is 28.0 Å². The summed E-state index contributed by atoms with van der Waals surface area (Å²) in [6.07, 6.45) is 3.70. The second-order valence-electron chi connectivity index (χ2n) is 4.36. The van der Waals surface area contributed by atoms with E-state index in [1.54, 1.807) is 11.3 Å². The number of hydrogen-bond acceptors (Lipinski definition) is 4. The minimum Gasteiger partial charge on any atom is -0.336 e. The summed E-state index contributed by atoms with van der Waals surface area (Å²) in [7, 11) is 4.09. The van der Waals surface area contributed by atoms with E-state index in [0.29, 0.717) is 6.54 Å². The number of likely N-dealkylation sites (N-methyl/N-ethyl adjacent to an activating group) is 1. The van der Waals surface area contributed by atoms with Crippen molar-refractivity contribution in [3.63, 3.8) is 0 Å². The van der Waals surface area contributed by atoms with Gasteiger partial charge in [0.1, 0.15) is 0 Å². The van der Waals surface area contributed by atoms with Gasteiger partial charge in [0.05, 0.1) is 21.8 Å². The smallest absolute Gasteiger partial charge is 0.0946 e. The monoisotopic (exact) mass is 328 g/mol. The summed E-state index contributed by atoms with van der Waals surface area (Å²) in [4.78, 5) is 6.41. The first-order chi connectivity index (χ1) is 8.61. The van der Waals surface area contributed by atoms with Crippen LogP contribution in [0.5, 0.6) is 0 Å². The molecule has 0 fully saturated rings. The standard InChI is InChI=1S/C12H17BrN4S/c1-16(6-9-3-12(13)18-7-9)10(4-14)11-5-15-8-17(11)2/h3,5,7-8,10H,4,6,14H2,1-2H3. The second kappa shape index (κ2) is 5.97. The van der Waals surface area contributed by atoms with Crippen molar-refractivity contribution in [2.24, 2.45) is 12.8 Å². The Hall–Kier alpha value is -0.690. The van der Waals surface area contributed by atoms with Crippen LogP contribution in [0, 0.1) is 0 Å². The van der Waals surface area contributed by atoms with Gasteiger partial charge < -0.3 is 10.3 Å². The van der Waals surface area contributed by atoms with Crippen molar-refractivity contribution >= 4 is 27.3 Å². The van der Waals surface area contributed by atoms with Crippen molar-refractivity contribution in [2.45, 2.75) is 12.6 Å². The maximum Gasteiger partial charge on any atom is 0.0946 e. The van der Waals surface area contributed by atoms with E-state index >= 15 is 0 Å². The third kappa shape index (κ3) is 3.00. The van der Waals surface area contributed by atoms with Crippen LogP contribution in [0.3, 0.4) is 0 Å². The molecule has 1 atom stereocenters. The second-order valence-corrected chi connectivity index (χ2v) is 6.65. The van der Waals surface area contributed by atoms with Crippen molar-refractivity contribution < 1.29 is 0 Å². The van der Waals surface area contributed by atoms with Crippen LogP contribution in [0.25, 0.3) is 0 Å². The zero-order chi connectivity index (χ0) is 13.1. The first-order valence-electron chi connectivity index (χ1n) is 5.71. The van der Waals surface area contributed by atoms with Crippen molar-refractivity contribution in [1.29, 1.82) is 0 Å². The van der Waals surface area contributed by atoms with Gasteiger partial charge in [-0.25, -0.2) is 4.98 Å². The summed E-state index contributed by atoms with van der Waals surface area (Å²) >= 11 is 5.20. The highest BCUT2D eigenvalue weighted by Gasteiger charge is 2.18. The molecule has 0 aliphatic heterocycles. The number of aryl methyl sites for hydroxylation is 1. The average Bonchev–Trinajstić information content (AvgIpc) is 2.90. The predicted molar refractivity (Wildman–Crippen MR) is 78.5 cm³/mol. The van der Waals surface area contributed by atoms with Crippen LogP contribution in [0.2, 0.25) is 0 Å². The highest BCUT2D eigenvalue weighted by molar-refractivity contribution is 9.11. The first kappa shape index (κ1) is 13.7. The van der Waals surface area contributed by atoms with Crippen LogP contribution in [0.1, 0.15) is 17.3 Å². The number of hydrogen-bond donors (Lipinski definition) is 1. The molecule has 2 heterocycles. The molecule has 2 rings (SSSR count). The van der Waals surface area contributed by atoms with Gasteiger partial charge >= 0.3 is 0 Å². The zero-order valence-electron chi connectivity index (χ0n) is 10.5. The Balaban J connectivity index is 2.11. The molecule has 2 aromatic rings. The minimum absolute atomic E-state index is 0.191. The molecular weight excluding hydrogens is 312 g/mol. The Morgan fingerprint density at radius 1 is 1.61 bits per heavy atom. The molecule has 0 radical (unpaired) electrons. The van der Waals surface area contributed by atoms with Crippen molar-refractivity contribution in [3.05, 3.63) is 39.0 Å². The molecule has 1 unspecified atom stereocenters. The molecule has 2 aromatic heterocycles. The average molecular weight is 329 g/mol. The molecular formula is C12H17BrN4S. The molecule has 98 valence electrons. The molecule has 0 amide bonds.